The Bertz CT molecular complexity index is 525. The second kappa shape index (κ2) is 6.55. The molecule has 2 rings (SSSR count). The summed E-state index contributed by atoms with van der Waals surface area (Å²) in [5.74, 6) is 0. The van der Waals surface area contributed by atoms with E-state index in [-0.39, 0.29) is 0 Å². The molecule has 0 bridgehead atoms. The molecular formula is C15H18ClN3. The Morgan fingerprint density at radius 2 is 2.00 bits per heavy atom. The van der Waals surface area contributed by atoms with Crippen molar-refractivity contribution >= 4 is 17.3 Å². The Labute approximate surface area is 119 Å². The van der Waals surface area contributed by atoms with Gasteiger partial charge in [0.25, 0.3) is 0 Å². The van der Waals surface area contributed by atoms with Crippen LogP contribution in [0.15, 0.2) is 42.6 Å². The van der Waals surface area contributed by atoms with E-state index in [1.165, 1.54) is 0 Å². The van der Waals surface area contributed by atoms with Crippen LogP contribution in [0.5, 0.6) is 0 Å². The lowest BCUT2D eigenvalue weighted by molar-refractivity contribution is 0.330. The van der Waals surface area contributed by atoms with E-state index in [1.54, 1.807) is 6.20 Å². The average molecular weight is 276 g/mol. The van der Waals surface area contributed by atoms with Crippen LogP contribution < -0.4 is 5.73 Å². The Balaban J connectivity index is 1.86. The highest BCUT2D eigenvalue weighted by molar-refractivity contribution is 6.31. The second-order valence-corrected chi connectivity index (χ2v) is 5.07. The van der Waals surface area contributed by atoms with E-state index >= 15 is 0 Å². The molecule has 0 radical (unpaired) electrons. The number of pyridine rings is 1. The van der Waals surface area contributed by atoms with Crippen LogP contribution in [-0.4, -0.2) is 23.5 Å². The predicted molar refractivity (Wildman–Crippen MR) is 80.1 cm³/mol. The summed E-state index contributed by atoms with van der Waals surface area (Å²) in [6.45, 7) is 1.77. The first-order valence-electron chi connectivity index (χ1n) is 6.27. The third-order valence-corrected chi connectivity index (χ3v) is 3.36. The Morgan fingerprint density at radius 1 is 1.21 bits per heavy atom. The lowest BCUT2D eigenvalue weighted by Gasteiger charge is -2.17. The summed E-state index contributed by atoms with van der Waals surface area (Å²) in [7, 11) is 2.08. The minimum absolute atomic E-state index is 0.702. The molecule has 4 heteroatoms. The van der Waals surface area contributed by atoms with E-state index in [0.717, 1.165) is 35.8 Å². The third-order valence-electron chi connectivity index (χ3n) is 3.00. The van der Waals surface area contributed by atoms with E-state index in [9.17, 15) is 0 Å². The minimum atomic E-state index is 0.702. The molecule has 0 atom stereocenters. The summed E-state index contributed by atoms with van der Waals surface area (Å²) in [5.41, 5.74) is 8.52. The zero-order chi connectivity index (χ0) is 13.7. The first-order chi connectivity index (χ1) is 9.15. The highest BCUT2D eigenvalue weighted by Gasteiger charge is 2.04. The summed E-state index contributed by atoms with van der Waals surface area (Å²) >= 11 is 6.15. The van der Waals surface area contributed by atoms with Crippen LogP contribution in [0.1, 0.15) is 11.3 Å². The van der Waals surface area contributed by atoms with Crippen LogP contribution in [0.2, 0.25) is 5.02 Å². The molecule has 0 unspecified atom stereocenters. The number of nitrogens with zero attached hydrogens (tertiary/aromatic N) is 2. The molecule has 0 aliphatic rings. The van der Waals surface area contributed by atoms with Gasteiger partial charge in [-0.3, -0.25) is 4.98 Å². The normalized spacial score (nSPS) is 10.9. The number of anilines is 1. The quantitative estimate of drug-likeness (QED) is 0.912. The van der Waals surface area contributed by atoms with Crippen LogP contribution in [0.3, 0.4) is 0 Å². The number of hydrogen-bond donors (Lipinski definition) is 1. The fourth-order valence-corrected chi connectivity index (χ4v) is 2.08. The fraction of sp³-hybridized carbons (Fsp3) is 0.267. The van der Waals surface area contributed by atoms with E-state index < -0.39 is 0 Å². The zero-order valence-corrected chi connectivity index (χ0v) is 11.8. The zero-order valence-electron chi connectivity index (χ0n) is 11.0. The average Bonchev–Trinajstić information content (AvgIpc) is 2.41. The van der Waals surface area contributed by atoms with E-state index in [2.05, 4.69) is 23.0 Å². The van der Waals surface area contributed by atoms with Crippen molar-refractivity contribution in [2.24, 2.45) is 0 Å². The molecule has 0 aliphatic carbocycles. The standard InChI is InChI=1S/C15H18ClN3/c1-19(11-12-4-2-3-5-15(12)16)9-8-14-7-6-13(17)10-18-14/h2-7,10H,8-9,11,17H2,1H3. The number of hydrogen-bond acceptors (Lipinski definition) is 3. The molecule has 19 heavy (non-hydrogen) atoms. The summed E-state index contributed by atoms with van der Waals surface area (Å²) < 4.78 is 0. The summed E-state index contributed by atoms with van der Waals surface area (Å²) in [6, 6.07) is 11.8. The molecule has 0 aliphatic heterocycles. The van der Waals surface area contributed by atoms with Gasteiger partial charge in [0.1, 0.15) is 0 Å². The molecule has 1 aromatic carbocycles. The molecule has 0 spiro atoms. The Hall–Kier alpha value is -1.58. The first-order valence-corrected chi connectivity index (χ1v) is 6.65. The number of benzene rings is 1. The fourth-order valence-electron chi connectivity index (χ4n) is 1.89. The number of nitrogen functional groups attached to an aromatic ring is 1. The van der Waals surface area contributed by atoms with Crippen LogP contribution in [0.25, 0.3) is 0 Å². The Kier molecular flexibility index (Phi) is 4.77. The maximum Gasteiger partial charge on any atom is 0.0501 e. The van der Waals surface area contributed by atoms with E-state index in [0.29, 0.717) is 5.69 Å². The molecule has 0 saturated carbocycles. The van der Waals surface area contributed by atoms with Gasteiger partial charge in [0.15, 0.2) is 0 Å². The SMILES string of the molecule is CN(CCc1ccc(N)cn1)Cc1ccccc1Cl. The van der Waals surface area contributed by atoms with Crippen molar-refractivity contribution in [3.05, 3.63) is 58.9 Å². The van der Waals surface area contributed by atoms with E-state index in [4.69, 9.17) is 17.3 Å². The molecule has 1 aromatic heterocycles. The number of nitrogens with two attached hydrogens (primary N) is 1. The second-order valence-electron chi connectivity index (χ2n) is 4.66. The number of aromatic nitrogens is 1. The van der Waals surface area contributed by atoms with Crippen LogP contribution >= 0.6 is 11.6 Å². The van der Waals surface area contributed by atoms with Gasteiger partial charge in [0, 0.05) is 30.2 Å². The smallest absolute Gasteiger partial charge is 0.0501 e. The van der Waals surface area contributed by atoms with Crippen molar-refractivity contribution in [1.82, 2.24) is 9.88 Å². The molecule has 0 saturated heterocycles. The highest BCUT2D eigenvalue weighted by atomic mass is 35.5. The summed E-state index contributed by atoms with van der Waals surface area (Å²) in [4.78, 5) is 6.53. The van der Waals surface area contributed by atoms with Gasteiger partial charge in [0.05, 0.1) is 11.9 Å². The van der Waals surface area contributed by atoms with Crippen molar-refractivity contribution in [1.29, 1.82) is 0 Å². The van der Waals surface area contributed by atoms with Crippen LogP contribution in [0, 0.1) is 0 Å². The van der Waals surface area contributed by atoms with Gasteiger partial charge in [-0.2, -0.15) is 0 Å². The van der Waals surface area contributed by atoms with Crippen molar-refractivity contribution in [3.8, 4) is 0 Å². The van der Waals surface area contributed by atoms with Crippen LogP contribution in [-0.2, 0) is 13.0 Å². The third kappa shape index (κ3) is 4.23. The van der Waals surface area contributed by atoms with Gasteiger partial charge in [-0.1, -0.05) is 29.8 Å². The number of halogens is 1. The molecular weight excluding hydrogens is 258 g/mol. The monoisotopic (exact) mass is 275 g/mol. The molecule has 2 aromatic rings. The molecule has 0 fully saturated rings. The summed E-state index contributed by atoms with van der Waals surface area (Å²) in [5, 5.41) is 0.819. The number of likely N-dealkylation sites (N-methyl/N-ethyl adjacent to an activating group) is 1. The lowest BCUT2D eigenvalue weighted by atomic mass is 10.2. The predicted octanol–water partition coefficient (Wildman–Crippen LogP) is 2.99. The van der Waals surface area contributed by atoms with Gasteiger partial charge in [-0.15, -0.1) is 0 Å². The maximum absolute atomic E-state index is 6.15. The molecule has 100 valence electrons. The topological polar surface area (TPSA) is 42.1 Å². The number of rotatable bonds is 5. The van der Waals surface area contributed by atoms with Crippen LogP contribution in [0.4, 0.5) is 5.69 Å². The Morgan fingerprint density at radius 3 is 2.68 bits per heavy atom. The molecule has 2 N–H and O–H groups in total. The minimum Gasteiger partial charge on any atom is -0.397 e. The van der Waals surface area contributed by atoms with Gasteiger partial charge in [-0.25, -0.2) is 0 Å². The van der Waals surface area contributed by atoms with Crippen molar-refractivity contribution in [2.75, 3.05) is 19.3 Å². The maximum atomic E-state index is 6.15. The van der Waals surface area contributed by atoms with Crippen molar-refractivity contribution in [2.45, 2.75) is 13.0 Å². The van der Waals surface area contributed by atoms with Gasteiger partial charge >= 0.3 is 0 Å². The lowest BCUT2D eigenvalue weighted by Crippen LogP contribution is -2.21. The largest absolute Gasteiger partial charge is 0.397 e. The van der Waals surface area contributed by atoms with Crippen molar-refractivity contribution in [3.63, 3.8) is 0 Å². The summed E-state index contributed by atoms with van der Waals surface area (Å²) in [6.07, 6.45) is 2.60. The van der Waals surface area contributed by atoms with Gasteiger partial charge < -0.3 is 10.6 Å². The van der Waals surface area contributed by atoms with Gasteiger partial charge in [0.2, 0.25) is 0 Å². The molecule has 1 heterocycles. The first kappa shape index (κ1) is 13.8. The molecule has 0 amide bonds. The van der Waals surface area contributed by atoms with Gasteiger partial charge in [-0.05, 0) is 30.8 Å². The highest BCUT2D eigenvalue weighted by Crippen LogP contribution is 2.16. The molecule has 3 nitrogen and oxygen atoms in total. The van der Waals surface area contributed by atoms with Crippen molar-refractivity contribution < 1.29 is 0 Å². The van der Waals surface area contributed by atoms with E-state index in [1.807, 2.05) is 30.3 Å².